The molecule has 2 aromatic heterocycles. The van der Waals surface area contributed by atoms with Gasteiger partial charge < -0.3 is 9.73 Å². The van der Waals surface area contributed by atoms with Gasteiger partial charge in [-0.3, -0.25) is 9.78 Å². The van der Waals surface area contributed by atoms with Crippen LogP contribution < -0.4 is 11.0 Å². The van der Waals surface area contributed by atoms with Crippen LogP contribution in [0, 0.1) is 0 Å². The summed E-state index contributed by atoms with van der Waals surface area (Å²) in [5.41, 5.74) is -0.529. The Bertz CT molecular complexity index is 575. The van der Waals surface area contributed by atoms with Crippen LogP contribution in [-0.4, -0.2) is 15.9 Å². The van der Waals surface area contributed by atoms with Gasteiger partial charge in [0, 0.05) is 6.20 Å². The molecule has 0 aliphatic carbocycles. The van der Waals surface area contributed by atoms with Crippen molar-refractivity contribution in [2.45, 2.75) is 0 Å². The predicted octanol–water partition coefficient (Wildman–Crippen LogP) is 1.38. The normalized spacial score (nSPS) is 10.1. The van der Waals surface area contributed by atoms with Crippen molar-refractivity contribution in [3.05, 3.63) is 45.3 Å². The molecule has 82 valence electrons. The maximum Gasteiger partial charge on any atom is 0.346 e. The van der Waals surface area contributed by atoms with Gasteiger partial charge in [0.25, 0.3) is 5.91 Å². The summed E-state index contributed by atoms with van der Waals surface area (Å²) in [6.07, 6.45) is 1.30. The minimum atomic E-state index is -0.529. The number of aromatic amines is 1. The largest absolute Gasteiger partial charge is 0.444 e. The van der Waals surface area contributed by atoms with E-state index in [0.717, 1.165) is 0 Å². The first kappa shape index (κ1) is 10.6. The van der Waals surface area contributed by atoms with Gasteiger partial charge in [0.15, 0.2) is 10.4 Å². The van der Waals surface area contributed by atoms with E-state index in [1.165, 1.54) is 18.3 Å². The first-order chi connectivity index (χ1) is 7.65. The second kappa shape index (κ2) is 4.31. The molecule has 6 nitrogen and oxygen atoms in total. The molecular weight excluding hydrogens is 278 g/mol. The van der Waals surface area contributed by atoms with Crippen molar-refractivity contribution in [2.75, 3.05) is 5.32 Å². The van der Waals surface area contributed by atoms with Gasteiger partial charge in [-0.1, -0.05) is 0 Å². The number of hydrogen-bond donors (Lipinski definition) is 2. The SMILES string of the molecule is O=C(Nc1ccnc(=O)[nH]1)c1ccc(Br)o1. The molecule has 0 radical (unpaired) electrons. The molecule has 16 heavy (non-hydrogen) atoms. The van der Waals surface area contributed by atoms with Gasteiger partial charge in [0.1, 0.15) is 5.82 Å². The zero-order valence-electron chi connectivity index (χ0n) is 7.86. The van der Waals surface area contributed by atoms with Crippen molar-refractivity contribution in [3.63, 3.8) is 0 Å². The van der Waals surface area contributed by atoms with Crippen molar-refractivity contribution in [3.8, 4) is 0 Å². The quantitative estimate of drug-likeness (QED) is 0.872. The number of hydrogen-bond acceptors (Lipinski definition) is 4. The minimum Gasteiger partial charge on any atom is -0.444 e. The van der Waals surface area contributed by atoms with Crippen LogP contribution in [0.2, 0.25) is 0 Å². The monoisotopic (exact) mass is 283 g/mol. The molecule has 2 aromatic rings. The van der Waals surface area contributed by atoms with Gasteiger partial charge in [0.05, 0.1) is 0 Å². The molecule has 2 N–H and O–H groups in total. The van der Waals surface area contributed by atoms with Crippen LogP contribution >= 0.6 is 15.9 Å². The third-order valence-corrected chi connectivity index (χ3v) is 2.15. The third kappa shape index (κ3) is 2.37. The Hall–Kier alpha value is -1.89. The van der Waals surface area contributed by atoms with Gasteiger partial charge in [-0.15, -0.1) is 0 Å². The van der Waals surface area contributed by atoms with Crippen LogP contribution in [0.1, 0.15) is 10.6 Å². The van der Waals surface area contributed by atoms with Crippen molar-refractivity contribution in [1.29, 1.82) is 0 Å². The second-order valence-electron chi connectivity index (χ2n) is 2.85. The molecule has 2 heterocycles. The number of carbonyl (C=O) groups excluding carboxylic acids is 1. The molecule has 0 aliphatic rings. The van der Waals surface area contributed by atoms with E-state index in [2.05, 4.69) is 31.2 Å². The minimum absolute atomic E-state index is 0.143. The Morgan fingerprint density at radius 1 is 1.44 bits per heavy atom. The standard InChI is InChI=1S/C9H6BrN3O3/c10-6-2-1-5(16-6)8(14)12-7-3-4-11-9(15)13-7/h1-4H,(H2,11,12,13,14,15). The first-order valence-corrected chi connectivity index (χ1v) is 5.06. The summed E-state index contributed by atoms with van der Waals surface area (Å²) in [6.45, 7) is 0. The molecule has 0 aromatic carbocycles. The number of carbonyl (C=O) groups is 1. The van der Waals surface area contributed by atoms with E-state index in [1.54, 1.807) is 6.07 Å². The van der Waals surface area contributed by atoms with E-state index in [-0.39, 0.29) is 11.6 Å². The molecule has 0 atom stereocenters. The zero-order chi connectivity index (χ0) is 11.5. The average Bonchev–Trinajstić information content (AvgIpc) is 2.65. The number of nitrogens with one attached hydrogen (secondary N) is 2. The Balaban J connectivity index is 2.17. The lowest BCUT2D eigenvalue weighted by molar-refractivity contribution is 0.0995. The van der Waals surface area contributed by atoms with Crippen LogP contribution in [0.4, 0.5) is 5.82 Å². The van der Waals surface area contributed by atoms with E-state index in [9.17, 15) is 9.59 Å². The molecule has 0 unspecified atom stereocenters. The molecule has 2 rings (SSSR count). The Morgan fingerprint density at radius 3 is 2.88 bits per heavy atom. The lowest BCUT2D eigenvalue weighted by atomic mass is 10.4. The van der Waals surface area contributed by atoms with Crippen molar-refractivity contribution >= 4 is 27.7 Å². The zero-order valence-corrected chi connectivity index (χ0v) is 9.45. The molecular formula is C9H6BrN3O3. The van der Waals surface area contributed by atoms with Crippen molar-refractivity contribution in [1.82, 2.24) is 9.97 Å². The van der Waals surface area contributed by atoms with Gasteiger partial charge in [-0.2, -0.15) is 0 Å². The molecule has 1 amide bonds. The number of halogens is 1. The van der Waals surface area contributed by atoms with Gasteiger partial charge in [-0.25, -0.2) is 9.78 Å². The number of H-pyrrole nitrogens is 1. The molecule has 0 aliphatic heterocycles. The fourth-order valence-electron chi connectivity index (χ4n) is 1.06. The average molecular weight is 284 g/mol. The predicted molar refractivity (Wildman–Crippen MR) is 59.2 cm³/mol. The second-order valence-corrected chi connectivity index (χ2v) is 3.63. The van der Waals surface area contributed by atoms with Gasteiger partial charge in [-0.05, 0) is 34.1 Å². The highest BCUT2D eigenvalue weighted by atomic mass is 79.9. The van der Waals surface area contributed by atoms with Crippen molar-refractivity contribution in [2.24, 2.45) is 0 Å². The number of nitrogens with zero attached hydrogens (tertiary/aromatic N) is 1. The van der Waals surface area contributed by atoms with Crippen LogP contribution in [0.5, 0.6) is 0 Å². The van der Waals surface area contributed by atoms with Crippen LogP contribution in [0.15, 0.2) is 38.3 Å². The van der Waals surface area contributed by atoms with Crippen LogP contribution in [0.25, 0.3) is 0 Å². The Kier molecular flexibility index (Phi) is 2.86. The molecule has 0 fully saturated rings. The fraction of sp³-hybridized carbons (Fsp3) is 0. The van der Waals surface area contributed by atoms with E-state index >= 15 is 0 Å². The molecule has 0 spiro atoms. The fourth-order valence-corrected chi connectivity index (χ4v) is 1.37. The summed E-state index contributed by atoms with van der Waals surface area (Å²) in [4.78, 5) is 28.2. The van der Waals surface area contributed by atoms with Gasteiger partial charge in [0.2, 0.25) is 0 Å². The maximum atomic E-state index is 11.6. The number of aromatic nitrogens is 2. The molecule has 0 bridgehead atoms. The summed E-state index contributed by atoms with van der Waals surface area (Å²) in [5.74, 6) is -0.0467. The third-order valence-electron chi connectivity index (χ3n) is 1.72. The number of furan rings is 1. The number of rotatable bonds is 2. The summed E-state index contributed by atoms with van der Waals surface area (Å²) in [5, 5.41) is 2.46. The van der Waals surface area contributed by atoms with Gasteiger partial charge >= 0.3 is 5.69 Å². The smallest absolute Gasteiger partial charge is 0.346 e. The van der Waals surface area contributed by atoms with Crippen LogP contribution in [-0.2, 0) is 0 Å². The van der Waals surface area contributed by atoms with E-state index in [4.69, 9.17) is 4.42 Å². The maximum absolute atomic E-state index is 11.6. The van der Waals surface area contributed by atoms with Crippen LogP contribution in [0.3, 0.4) is 0 Å². The van der Waals surface area contributed by atoms with E-state index < -0.39 is 11.6 Å². The number of amides is 1. The molecule has 0 saturated carbocycles. The van der Waals surface area contributed by atoms with E-state index in [1.807, 2.05) is 0 Å². The summed E-state index contributed by atoms with van der Waals surface area (Å²) < 4.78 is 5.50. The lowest BCUT2D eigenvalue weighted by Crippen LogP contribution is -2.17. The topological polar surface area (TPSA) is 88.0 Å². The summed E-state index contributed by atoms with van der Waals surface area (Å²) in [6, 6.07) is 4.58. The first-order valence-electron chi connectivity index (χ1n) is 4.27. The highest BCUT2D eigenvalue weighted by Gasteiger charge is 2.10. The highest BCUT2D eigenvalue weighted by molar-refractivity contribution is 9.10. The lowest BCUT2D eigenvalue weighted by Gasteiger charge is -2.00. The van der Waals surface area contributed by atoms with E-state index in [0.29, 0.717) is 4.67 Å². The molecule has 0 saturated heterocycles. The molecule has 7 heteroatoms. The summed E-state index contributed by atoms with van der Waals surface area (Å²) in [7, 11) is 0. The highest BCUT2D eigenvalue weighted by Crippen LogP contribution is 2.14. The number of anilines is 1. The Labute approximate surface area is 97.8 Å². The van der Waals surface area contributed by atoms with Crippen molar-refractivity contribution < 1.29 is 9.21 Å². The Morgan fingerprint density at radius 2 is 2.25 bits per heavy atom. The summed E-state index contributed by atoms with van der Waals surface area (Å²) >= 11 is 3.08.